The second-order valence-electron chi connectivity index (χ2n) is 4.44. The lowest BCUT2D eigenvalue weighted by molar-refractivity contribution is 0.0719. The zero-order valence-electron chi connectivity index (χ0n) is 10.8. The van der Waals surface area contributed by atoms with Crippen LogP contribution in [-0.2, 0) is 4.74 Å². The van der Waals surface area contributed by atoms with Crippen LogP contribution < -0.4 is 10.6 Å². The third-order valence-electron chi connectivity index (χ3n) is 3.31. The molecule has 5 heteroatoms. The summed E-state index contributed by atoms with van der Waals surface area (Å²) < 4.78 is 5.36. The zero-order chi connectivity index (χ0) is 13.0. The Morgan fingerprint density at radius 2 is 2.28 bits per heavy atom. The maximum Gasteiger partial charge on any atom is 0.270 e. The van der Waals surface area contributed by atoms with Crippen LogP contribution in [0.1, 0.15) is 29.8 Å². The molecule has 5 nitrogen and oxygen atoms in total. The van der Waals surface area contributed by atoms with Crippen molar-refractivity contribution in [3.63, 3.8) is 0 Å². The van der Waals surface area contributed by atoms with Gasteiger partial charge in [-0.1, -0.05) is 6.07 Å². The molecule has 1 fully saturated rings. The van der Waals surface area contributed by atoms with Crippen LogP contribution in [0.5, 0.6) is 0 Å². The number of hydrogen-bond donors (Lipinski definition) is 2. The molecule has 2 atom stereocenters. The van der Waals surface area contributed by atoms with Crippen molar-refractivity contribution in [2.75, 3.05) is 19.5 Å². The lowest BCUT2D eigenvalue weighted by Crippen LogP contribution is -2.41. The highest BCUT2D eigenvalue weighted by molar-refractivity contribution is 5.92. The van der Waals surface area contributed by atoms with E-state index in [9.17, 15) is 4.79 Å². The smallest absolute Gasteiger partial charge is 0.270 e. The summed E-state index contributed by atoms with van der Waals surface area (Å²) in [4.78, 5) is 16.3. The summed E-state index contributed by atoms with van der Waals surface area (Å²) in [6.07, 6.45) is 3.19. The Morgan fingerprint density at radius 1 is 1.44 bits per heavy atom. The number of rotatable bonds is 4. The first-order chi connectivity index (χ1) is 8.74. The highest BCUT2D eigenvalue weighted by Gasteiger charge is 2.28. The second-order valence-corrected chi connectivity index (χ2v) is 4.44. The number of ether oxygens (including phenoxy) is 1. The maximum atomic E-state index is 12.1. The summed E-state index contributed by atoms with van der Waals surface area (Å²) in [5.41, 5.74) is 0.434. The number of amides is 1. The van der Waals surface area contributed by atoms with E-state index in [1.54, 1.807) is 20.2 Å². The molecule has 1 aromatic rings. The molecule has 2 N–H and O–H groups in total. The normalized spacial score (nSPS) is 22.8. The molecule has 1 saturated carbocycles. The second kappa shape index (κ2) is 5.82. The standard InChI is InChI=1S/C13H19N3O2/c1-14-12-8-4-6-10(15-12)13(17)16-9-5-3-7-11(9)18-2/h4,6,8-9,11H,3,5,7H2,1-2H3,(H,14,15)(H,16,17). The number of aromatic nitrogens is 1. The van der Waals surface area contributed by atoms with Gasteiger partial charge in [-0.3, -0.25) is 4.79 Å². The minimum Gasteiger partial charge on any atom is -0.379 e. The third-order valence-corrected chi connectivity index (χ3v) is 3.31. The maximum absolute atomic E-state index is 12.1. The van der Waals surface area contributed by atoms with E-state index in [0.717, 1.165) is 19.3 Å². The summed E-state index contributed by atoms with van der Waals surface area (Å²) in [6, 6.07) is 5.45. The molecule has 1 aliphatic rings. The fourth-order valence-corrected chi connectivity index (χ4v) is 2.32. The van der Waals surface area contributed by atoms with Crippen molar-refractivity contribution in [2.45, 2.75) is 31.4 Å². The van der Waals surface area contributed by atoms with Crippen molar-refractivity contribution in [1.82, 2.24) is 10.3 Å². The van der Waals surface area contributed by atoms with Gasteiger partial charge >= 0.3 is 0 Å². The SMILES string of the molecule is CNc1cccc(C(=O)NC2CCCC2OC)n1. The molecule has 1 heterocycles. The van der Waals surface area contributed by atoms with Crippen LogP contribution in [0.3, 0.4) is 0 Å². The van der Waals surface area contributed by atoms with Crippen LogP contribution in [0.15, 0.2) is 18.2 Å². The average molecular weight is 249 g/mol. The third kappa shape index (κ3) is 2.79. The van der Waals surface area contributed by atoms with E-state index in [2.05, 4.69) is 15.6 Å². The van der Waals surface area contributed by atoms with Gasteiger partial charge in [0.15, 0.2) is 0 Å². The molecule has 0 radical (unpaired) electrons. The van der Waals surface area contributed by atoms with Crippen LogP contribution >= 0.6 is 0 Å². The minimum atomic E-state index is -0.138. The van der Waals surface area contributed by atoms with Crippen molar-refractivity contribution < 1.29 is 9.53 Å². The van der Waals surface area contributed by atoms with E-state index in [0.29, 0.717) is 11.5 Å². The van der Waals surface area contributed by atoms with Gasteiger partial charge in [0.05, 0.1) is 12.1 Å². The molecular weight excluding hydrogens is 230 g/mol. The Hall–Kier alpha value is -1.62. The Labute approximate surface area is 107 Å². The van der Waals surface area contributed by atoms with Gasteiger partial charge in [-0.25, -0.2) is 4.98 Å². The van der Waals surface area contributed by atoms with Crippen LogP contribution in [0.4, 0.5) is 5.82 Å². The molecule has 1 aromatic heterocycles. The number of nitrogens with one attached hydrogen (secondary N) is 2. The van der Waals surface area contributed by atoms with Gasteiger partial charge in [-0.15, -0.1) is 0 Å². The van der Waals surface area contributed by atoms with Gasteiger partial charge in [0.25, 0.3) is 5.91 Å². The Balaban J connectivity index is 2.02. The van der Waals surface area contributed by atoms with Crippen molar-refractivity contribution >= 4 is 11.7 Å². The van der Waals surface area contributed by atoms with Gasteiger partial charge in [0.2, 0.25) is 0 Å². The molecule has 1 amide bonds. The predicted octanol–water partition coefficient (Wildman–Crippen LogP) is 1.42. The Morgan fingerprint density at radius 3 is 3.00 bits per heavy atom. The summed E-state index contributed by atoms with van der Waals surface area (Å²) in [6.45, 7) is 0. The summed E-state index contributed by atoms with van der Waals surface area (Å²) in [5, 5.41) is 5.91. The summed E-state index contributed by atoms with van der Waals surface area (Å²) in [7, 11) is 3.47. The number of nitrogens with zero attached hydrogens (tertiary/aromatic N) is 1. The van der Waals surface area contributed by atoms with Gasteiger partial charge in [-0.05, 0) is 31.4 Å². The monoisotopic (exact) mass is 249 g/mol. The first kappa shape index (κ1) is 12.8. The van der Waals surface area contributed by atoms with Crippen LogP contribution in [-0.4, -0.2) is 37.2 Å². The highest BCUT2D eigenvalue weighted by atomic mass is 16.5. The van der Waals surface area contributed by atoms with Crippen LogP contribution in [0, 0.1) is 0 Å². The van der Waals surface area contributed by atoms with E-state index in [1.807, 2.05) is 12.1 Å². The average Bonchev–Trinajstić information content (AvgIpc) is 2.86. The minimum absolute atomic E-state index is 0.0996. The molecule has 0 aliphatic heterocycles. The lowest BCUT2D eigenvalue weighted by Gasteiger charge is -2.19. The van der Waals surface area contributed by atoms with Crippen molar-refractivity contribution in [3.8, 4) is 0 Å². The molecule has 2 unspecified atom stereocenters. The number of methoxy groups -OCH3 is 1. The summed E-state index contributed by atoms with van der Waals surface area (Å²) >= 11 is 0. The van der Waals surface area contributed by atoms with E-state index in [4.69, 9.17) is 4.74 Å². The molecule has 0 saturated heterocycles. The molecule has 98 valence electrons. The number of hydrogen-bond acceptors (Lipinski definition) is 4. The van der Waals surface area contributed by atoms with E-state index >= 15 is 0 Å². The van der Waals surface area contributed by atoms with E-state index in [1.165, 1.54) is 0 Å². The van der Waals surface area contributed by atoms with Crippen molar-refractivity contribution in [3.05, 3.63) is 23.9 Å². The number of pyridine rings is 1. The van der Waals surface area contributed by atoms with Crippen LogP contribution in [0.2, 0.25) is 0 Å². The van der Waals surface area contributed by atoms with Gasteiger partial charge in [-0.2, -0.15) is 0 Å². The summed E-state index contributed by atoms with van der Waals surface area (Å²) in [5.74, 6) is 0.554. The first-order valence-electron chi connectivity index (χ1n) is 6.23. The molecule has 0 spiro atoms. The molecule has 0 aromatic carbocycles. The fourth-order valence-electron chi connectivity index (χ4n) is 2.32. The lowest BCUT2D eigenvalue weighted by atomic mass is 10.2. The quantitative estimate of drug-likeness (QED) is 0.847. The van der Waals surface area contributed by atoms with Crippen LogP contribution in [0.25, 0.3) is 0 Å². The van der Waals surface area contributed by atoms with Crippen molar-refractivity contribution in [1.29, 1.82) is 0 Å². The fraction of sp³-hybridized carbons (Fsp3) is 0.538. The largest absolute Gasteiger partial charge is 0.379 e. The highest BCUT2D eigenvalue weighted by Crippen LogP contribution is 2.21. The topological polar surface area (TPSA) is 63.2 Å². The number of anilines is 1. The number of carbonyl (C=O) groups excluding carboxylic acids is 1. The van der Waals surface area contributed by atoms with Crippen molar-refractivity contribution in [2.24, 2.45) is 0 Å². The molecule has 18 heavy (non-hydrogen) atoms. The molecular formula is C13H19N3O2. The predicted molar refractivity (Wildman–Crippen MR) is 69.7 cm³/mol. The molecule has 2 rings (SSSR count). The molecule has 0 bridgehead atoms. The number of carbonyl (C=O) groups is 1. The molecule has 1 aliphatic carbocycles. The first-order valence-corrected chi connectivity index (χ1v) is 6.23. The van der Waals surface area contributed by atoms with E-state index < -0.39 is 0 Å². The van der Waals surface area contributed by atoms with Gasteiger partial charge in [0.1, 0.15) is 11.5 Å². The van der Waals surface area contributed by atoms with Gasteiger partial charge < -0.3 is 15.4 Å². The Kier molecular flexibility index (Phi) is 4.15. The Bertz CT molecular complexity index is 422. The zero-order valence-corrected chi connectivity index (χ0v) is 10.8. The van der Waals surface area contributed by atoms with E-state index in [-0.39, 0.29) is 18.1 Å². The van der Waals surface area contributed by atoms with Gasteiger partial charge in [0, 0.05) is 14.2 Å².